The summed E-state index contributed by atoms with van der Waals surface area (Å²) in [6.07, 6.45) is 2.01. The number of carbonyl (C=O) groups is 1. The van der Waals surface area contributed by atoms with Crippen molar-refractivity contribution >= 4 is 48.1 Å². The average Bonchev–Trinajstić information content (AvgIpc) is 2.54. The third-order valence-corrected chi connectivity index (χ3v) is 4.72. The first-order valence-electron chi connectivity index (χ1n) is 7.15. The van der Waals surface area contributed by atoms with E-state index in [0.29, 0.717) is 18.1 Å². The van der Waals surface area contributed by atoms with Crippen LogP contribution in [-0.2, 0) is 4.79 Å². The van der Waals surface area contributed by atoms with Gasteiger partial charge in [0.15, 0.2) is 6.61 Å². The van der Waals surface area contributed by atoms with Crippen LogP contribution in [0.2, 0.25) is 0 Å². The minimum Gasteiger partial charge on any atom is -0.489 e. The fourth-order valence-electron chi connectivity index (χ4n) is 1.95. The highest BCUT2D eigenvalue weighted by Gasteiger charge is 2.04. The number of halogens is 2. The van der Waals surface area contributed by atoms with E-state index in [0.717, 1.165) is 19.2 Å². The molecule has 2 aromatic carbocycles. The van der Waals surface area contributed by atoms with Gasteiger partial charge in [-0.1, -0.05) is 28.1 Å². The average molecular weight is 503 g/mol. The first kappa shape index (κ1) is 18.8. The zero-order valence-corrected chi connectivity index (χ0v) is 16.7. The molecular weight excluding hydrogens is 487 g/mol. The van der Waals surface area contributed by atoms with Crippen molar-refractivity contribution in [2.75, 3.05) is 13.2 Å². The highest BCUT2D eigenvalue weighted by Crippen LogP contribution is 2.25. The Morgan fingerprint density at radius 3 is 2.54 bits per heavy atom. The molecule has 0 aliphatic heterocycles. The van der Waals surface area contributed by atoms with Crippen molar-refractivity contribution in [3.8, 4) is 11.5 Å². The second-order valence-corrected chi connectivity index (χ2v) is 7.06. The van der Waals surface area contributed by atoms with Crippen LogP contribution in [0.1, 0.15) is 11.1 Å². The Balaban J connectivity index is 1.94. The fourth-order valence-corrected chi connectivity index (χ4v) is 2.75. The molecular formula is C18H16BrIO4. The van der Waals surface area contributed by atoms with Crippen molar-refractivity contribution in [3.63, 3.8) is 0 Å². The van der Waals surface area contributed by atoms with Gasteiger partial charge in [-0.3, -0.25) is 0 Å². The maximum atomic E-state index is 10.5. The molecule has 0 amide bonds. The number of carboxylic acids is 1. The minimum atomic E-state index is -0.998. The number of benzene rings is 2. The largest absolute Gasteiger partial charge is 0.489 e. The summed E-state index contributed by atoms with van der Waals surface area (Å²) in [7, 11) is 0. The van der Waals surface area contributed by atoms with E-state index in [1.807, 2.05) is 43.3 Å². The van der Waals surface area contributed by atoms with E-state index in [1.54, 1.807) is 12.1 Å². The van der Waals surface area contributed by atoms with E-state index < -0.39 is 5.97 Å². The van der Waals surface area contributed by atoms with Crippen LogP contribution in [0.4, 0.5) is 0 Å². The molecule has 126 valence electrons. The van der Waals surface area contributed by atoms with E-state index in [1.165, 1.54) is 0 Å². The van der Waals surface area contributed by atoms with Gasteiger partial charge in [0.05, 0.1) is 0 Å². The number of carboxylic acid groups (broad SMARTS) is 1. The fraction of sp³-hybridized carbons (Fsp3) is 0.167. The molecule has 0 heterocycles. The van der Waals surface area contributed by atoms with Crippen molar-refractivity contribution in [1.82, 2.24) is 0 Å². The maximum absolute atomic E-state index is 10.5. The molecule has 0 fully saturated rings. The number of hydrogen-bond acceptors (Lipinski definition) is 3. The van der Waals surface area contributed by atoms with Gasteiger partial charge in [-0.15, -0.1) is 0 Å². The van der Waals surface area contributed by atoms with Crippen LogP contribution in [0.5, 0.6) is 11.5 Å². The number of hydrogen-bond donors (Lipinski definition) is 1. The summed E-state index contributed by atoms with van der Waals surface area (Å²) in [6, 6.07) is 13.4. The third kappa shape index (κ3) is 5.83. The van der Waals surface area contributed by atoms with E-state index in [9.17, 15) is 4.79 Å². The second-order valence-electron chi connectivity index (χ2n) is 4.98. The zero-order chi connectivity index (χ0) is 17.5. The van der Waals surface area contributed by atoms with Crippen molar-refractivity contribution in [2.24, 2.45) is 0 Å². The van der Waals surface area contributed by atoms with Gasteiger partial charge in [0.25, 0.3) is 0 Å². The van der Waals surface area contributed by atoms with Crippen LogP contribution >= 0.6 is 38.5 Å². The molecule has 0 bridgehead atoms. The Kier molecular flexibility index (Phi) is 7.11. The van der Waals surface area contributed by atoms with E-state index in [4.69, 9.17) is 14.6 Å². The molecule has 0 atom stereocenters. The van der Waals surface area contributed by atoms with E-state index >= 15 is 0 Å². The smallest absolute Gasteiger partial charge is 0.341 e. The van der Waals surface area contributed by atoms with Gasteiger partial charge in [0.2, 0.25) is 0 Å². The summed E-state index contributed by atoms with van der Waals surface area (Å²) < 4.78 is 13.1. The predicted molar refractivity (Wildman–Crippen MR) is 106 cm³/mol. The summed E-state index contributed by atoms with van der Waals surface area (Å²) in [6.45, 7) is 1.95. The van der Waals surface area contributed by atoms with Crippen LogP contribution < -0.4 is 9.47 Å². The minimum absolute atomic E-state index is 0.352. The Labute approximate surface area is 162 Å². The maximum Gasteiger partial charge on any atom is 0.341 e. The lowest BCUT2D eigenvalue weighted by Crippen LogP contribution is -2.10. The van der Waals surface area contributed by atoms with Gasteiger partial charge >= 0.3 is 5.97 Å². The molecule has 1 N–H and O–H groups in total. The third-order valence-electron chi connectivity index (χ3n) is 3.13. The highest BCUT2D eigenvalue weighted by molar-refractivity contribution is 14.1. The van der Waals surface area contributed by atoms with E-state index in [-0.39, 0.29) is 6.61 Å². The molecule has 0 aliphatic carbocycles. The van der Waals surface area contributed by atoms with Crippen LogP contribution in [0.3, 0.4) is 0 Å². The first-order chi connectivity index (χ1) is 11.5. The topological polar surface area (TPSA) is 55.8 Å². The van der Waals surface area contributed by atoms with Crippen molar-refractivity contribution in [3.05, 3.63) is 64.1 Å². The molecule has 24 heavy (non-hydrogen) atoms. The molecule has 2 rings (SSSR count). The van der Waals surface area contributed by atoms with Crippen LogP contribution in [0.25, 0.3) is 3.58 Å². The Morgan fingerprint density at radius 2 is 1.92 bits per heavy atom. The number of ether oxygens (including phenoxy) is 2. The molecule has 0 saturated heterocycles. The highest BCUT2D eigenvalue weighted by atomic mass is 127. The predicted octanol–water partition coefficient (Wildman–Crippen LogP) is 5.08. The Morgan fingerprint density at radius 1 is 1.21 bits per heavy atom. The molecule has 0 spiro atoms. The van der Waals surface area contributed by atoms with Crippen LogP contribution in [-0.4, -0.2) is 24.3 Å². The van der Waals surface area contributed by atoms with Crippen LogP contribution in [0, 0.1) is 6.92 Å². The lowest BCUT2D eigenvalue weighted by atomic mass is 10.2. The summed E-state index contributed by atoms with van der Waals surface area (Å²) in [5.41, 5.74) is 1.97. The van der Waals surface area contributed by atoms with Gasteiger partial charge in [-0.2, -0.15) is 0 Å². The van der Waals surface area contributed by atoms with Crippen molar-refractivity contribution in [2.45, 2.75) is 6.92 Å². The van der Waals surface area contributed by atoms with Gasteiger partial charge in [-0.25, -0.2) is 4.79 Å². The molecule has 0 unspecified atom stereocenters. The zero-order valence-electron chi connectivity index (χ0n) is 13.0. The molecule has 0 radical (unpaired) electrons. The molecule has 6 heteroatoms. The summed E-state index contributed by atoms with van der Waals surface area (Å²) in [5.74, 6) is 0.263. The standard InChI is InChI=1S/C18H16BrIO4/c1-12-10-15(6-7-17(12)24-11-18(21)22)23-9-8-16(20)13-2-4-14(19)5-3-13/h2-8,10H,9,11H2,1H3,(H,21,22). The van der Waals surface area contributed by atoms with Crippen LogP contribution in [0.15, 0.2) is 53.0 Å². The molecule has 0 aliphatic rings. The molecule has 4 nitrogen and oxygen atoms in total. The lowest BCUT2D eigenvalue weighted by molar-refractivity contribution is -0.139. The Bertz CT molecular complexity index is 741. The monoisotopic (exact) mass is 502 g/mol. The van der Waals surface area contributed by atoms with Gasteiger partial charge in [0, 0.05) is 8.05 Å². The van der Waals surface area contributed by atoms with Gasteiger partial charge < -0.3 is 14.6 Å². The van der Waals surface area contributed by atoms with Crippen molar-refractivity contribution in [1.29, 1.82) is 0 Å². The van der Waals surface area contributed by atoms with Gasteiger partial charge in [0.1, 0.15) is 18.1 Å². The number of rotatable bonds is 7. The summed E-state index contributed by atoms with van der Waals surface area (Å²) in [5, 5.41) is 8.64. The molecule has 0 aromatic heterocycles. The summed E-state index contributed by atoms with van der Waals surface area (Å²) >= 11 is 5.70. The molecule has 2 aromatic rings. The first-order valence-corrected chi connectivity index (χ1v) is 9.02. The normalized spacial score (nSPS) is 11.2. The van der Waals surface area contributed by atoms with E-state index in [2.05, 4.69) is 38.5 Å². The lowest BCUT2D eigenvalue weighted by Gasteiger charge is -2.10. The second kappa shape index (κ2) is 9.08. The van der Waals surface area contributed by atoms with Gasteiger partial charge in [-0.05, 0) is 77.0 Å². The molecule has 0 saturated carbocycles. The summed E-state index contributed by atoms with van der Waals surface area (Å²) in [4.78, 5) is 10.5. The number of aliphatic carboxylic acids is 1. The Hall–Kier alpha value is -1.54. The SMILES string of the molecule is Cc1cc(OCC=C(I)c2ccc(Br)cc2)ccc1OCC(=O)O. The number of aryl methyl sites for hydroxylation is 1. The van der Waals surface area contributed by atoms with Crippen molar-refractivity contribution < 1.29 is 19.4 Å². The quantitative estimate of drug-likeness (QED) is 0.537.